The van der Waals surface area contributed by atoms with Crippen LogP contribution in [0.4, 0.5) is 5.69 Å². The van der Waals surface area contributed by atoms with E-state index in [-0.39, 0.29) is 17.5 Å². The number of hydrogen-bond acceptors (Lipinski definition) is 3. The molecule has 0 amide bonds. The minimum atomic E-state index is -2.90. The average molecular weight is 305 g/mol. The molecular formula is C11H13ClN2O2S2. The molecule has 1 heterocycles. The van der Waals surface area contributed by atoms with Gasteiger partial charge in [-0.1, -0.05) is 23.7 Å². The number of thiocarbonyl (C=S) groups is 1. The summed E-state index contributed by atoms with van der Waals surface area (Å²) in [7, 11) is -2.90. The summed E-state index contributed by atoms with van der Waals surface area (Å²) in [6.45, 7) is 0. The lowest BCUT2D eigenvalue weighted by Crippen LogP contribution is -2.38. The van der Waals surface area contributed by atoms with E-state index in [2.05, 4.69) is 10.6 Å². The fourth-order valence-corrected chi connectivity index (χ4v) is 3.95. The lowest BCUT2D eigenvalue weighted by molar-refractivity contribution is 0.600. The molecule has 2 N–H and O–H groups in total. The van der Waals surface area contributed by atoms with Gasteiger partial charge in [-0.2, -0.15) is 0 Å². The van der Waals surface area contributed by atoms with Gasteiger partial charge in [0.2, 0.25) is 0 Å². The van der Waals surface area contributed by atoms with Gasteiger partial charge in [-0.3, -0.25) is 0 Å². The molecule has 98 valence electrons. The number of sulfone groups is 1. The van der Waals surface area contributed by atoms with Gasteiger partial charge < -0.3 is 10.6 Å². The summed E-state index contributed by atoms with van der Waals surface area (Å²) in [4.78, 5) is 0. The second kappa shape index (κ2) is 5.42. The van der Waals surface area contributed by atoms with E-state index in [1.165, 1.54) is 0 Å². The highest BCUT2D eigenvalue weighted by atomic mass is 35.5. The van der Waals surface area contributed by atoms with Crippen molar-refractivity contribution in [1.82, 2.24) is 5.32 Å². The largest absolute Gasteiger partial charge is 0.359 e. The molecule has 0 spiro atoms. The van der Waals surface area contributed by atoms with E-state index in [0.29, 0.717) is 22.2 Å². The number of halogens is 1. The molecule has 1 aromatic carbocycles. The molecule has 18 heavy (non-hydrogen) atoms. The molecule has 7 heteroatoms. The summed E-state index contributed by atoms with van der Waals surface area (Å²) >= 11 is 11.1. The van der Waals surface area contributed by atoms with Gasteiger partial charge in [0, 0.05) is 6.04 Å². The minimum absolute atomic E-state index is 0.113. The molecule has 0 aliphatic carbocycles. The summed E-state index contributed by atoms with van der Waals surface area (Å²) < 4.78 is 22.6. The maximum Gasteiger partial charge on any atom is 0.171 e. The Morgan fingerprint density at radius 1 is 1.39 bits per heavy atom. The predicted octanol–water partition coefficient (Wildman–Crippen LogP) is 1.81. The highest BCUT2D eigenvalue weighted by molar-refractivity contribution is 7.91. The maximum absolute atomic E-state index is 11.3. The standard InChI is InChI=1S/C11H13ClN2O2S2/c12-9-3-1-2-4-10(9)14-11(17)13-8-5-6-18(15,16)7-8/h1-4,8H,5-7H2,(H2,13,14,17)/t8-/m1/s1. The van der Waals surface area contributed by atoms with Crippen molar-refractivity contribution in [2.24, 2.45) is 0 Å². The molecule has 0 radical (unpaired) electrons. The van der Waals surface area contributed by atoms with Gasteiger partial charge in [0.15, 0.2) is 14.9 Å². The number of para-hydroxylation sites is 1. The van der Waals surface area contributed by atoms with Gasteiger partial charge in [0.05, 0.1) is 22.2 Å². The second-order valence-corrected chi connectivity index (χ2v) is 7.22. The molecular weight excluding hydrogens is 292 g/mol. The van der Waals surface area contributed by atoms with Crippen molar-refractivity contribution in [2.75, 3.05) is 16.8 Å². The average Bonchev–Trinajstić information content (AvgIpc) is 2.61. The molecule has 1 saturated heterocycles. The number of rotatable bonds is 2. The van der Waals surface area contributed by atoms with Gasteiger partial charge in [-0.05, 0) is 30.8 Å². The number of hydrogen-bond donors (Lipinski definition) is 2. The van der Waals surface area contributed by atoms with Crippen molar-refractivity contribution in [1.29, 1.82) is 0 Å². The van der Waals surface area contributed by atoms with E-state index >= 15 is 0 Å². The summed E-state index contributed by atoms with van der Waals surface area (Å²) in [5, 5.41) is 6.91. The molecule has 1 atom stereocenters. The Balaban J connectivity index is 1.92. The van der Waals surface area contributed by atoms with Crippen LogP contribution in [0.15, 0.2) is 24.3 Å². The van der Waals surface area contributed by atoms with E-state index in [1.54, 1.807) is 6.07 Å². The van der Waals surface area contributed by atoms with Gasteiger partial charge in [-0.15, -0.1) is 0 Å². The van der Waals surface area contributed by atoms with Gasteiger partial charge in [0.25, 0.3) is 0 Å². The van der Waals surface area contributed by atoms with E-state index in [4.69, 9.17) is 23.8 Å². The lowest BCUT2D eigenvalue weighted by Gasteiger charge is -2.15. The first-order chi connectivity index (χ1) is 8.46. The molecule has 1 fully saturated rings. The third-order valence-electron chi connectivity index (χ3n) is 2.69. The second-order valence-electron chi connectivity index (χ2n) is 4.18. The normalized spacial score (nSPS) is 21.5. The lowest BCUT2D eigenvalue weighted by atomic mass is 10.3. The van der Waals surface area contributed by atoms with Crippen molar-refractivity contribution in [3.63, 3.8) is 0 Å². The minimum Gasteiger partial charge on any atom is -0.359 e. The molecule has 1 aliphatic rings. The molecule has 1 aliphatic heterocycles. The summed E-state index contributed by atoms with van der Waals surface area (Å²) in [6.07, 6.45) is 0.590. The molecule has 0 aromatic heterocycles. The first kappa shape index (κ1) is 13.6. The number of anilines is 1. The van der Waals surface area contributed by atoms with Crippen LogP contribution in [0.2, 0.25) is 5.02 Å². The molecule has 0 bridgehead atoms. The highest BCUT2D eigenvalue weighted by Gasteiger charge is 2.28. The topological polar surface area (TPSA) is 58.2 Å². The van der Waals surface area contributed by atoms with Crippen molar-refractivity contribution < 1.29 is 8.42 Å². The van der Waals surface area contributed by atoms with Crippen LogP contribution in [-0.4, -0.2) is 31.1 Å². The van der Waals surface area contributed by atoms with Crippen molar-refractivity contribution in [2.45, 2.75) is 12.5 Å². The van der Waals surface area contributed by atoms with Crippen molar-refractivity contribution in [3.05, 3.63) is 29.3 Å². The van der Waals surface area contributed by atoms with Crippen LogP contribution in [0.3, 0.4) is 0 Å². The van der Waals surface area contributed by atoms with Gasteiger partial charge >= 0.3 is 0 Å². The zero-order valence-corrected chi connectivity index (χ0v) is 11.9. The van der Waals surface area contributed by atoms with Crippen LogP contribution in [0, 0.1) is 0 Å². The summed E-state index contributed by atoms with van der Waals surface area (Å²) in [5.41, 5.74) is 0.706. The van der Waals surface area contributed by atoms with Gasteiger partial charge in [-0.25, -0.2) is 8.42 Å². The Labute approximate surface area is 117 Å². The first-order valence-corrected chi connectivity index (χ1v) is 8.09. The monoisotopic (exact) mass is 304 g/mol. The fourth-order valence-electron chi connectivity index (χ4n) is 1.82. The third kappa shape index (κ3) is 3.57. The first-order valence-electron chi connectivity index (χ1n) is 5.49. The van der Waals surface area contributed by atoms with Crippen LogP contribution in [0.25, 0.3) is 0 Å². The quantitative estimate of drug-likeness (QED) is 0.816. The van der Waals surface area contributed by atoms with Crippen molar-refractivity contribution >= 4 is 44.5 Å². The molecule has 2 rings (SSSR count). The summed E-state index contributed by atoms with van der Waals surface area (Å²) in [5.74, 6) is 0.358. The van der Waals surface area contributed by atoms with E-state index in [0.717, 1.165) is 0 Å². The van der Waals surface area contributed by atoms with Crippen LogP contribution in [0.1, 0.15) is 6.42 Å². The Hall–Kier alpha value is -0.850. The van der Waals surface area contributed by atoms with E-state index < -0.39 is 9.84 Å². The van der Waals surface area contributed by atoms with E-state index in [9.17, 15) is 8.42 Å². The SMILES string of the molecule is O=S1(=O)CC[C@@H](NC(=S)Nc2ccccc2Cl)C1. The Morgan fingerprint density at radius 2 is 2.11 bits per heavy atom. The Morgan fingerprint density at radius 3 is 2.72 bits per heavy atom. The maximum atomic E-state index is 11.3. The fraction of sp³-hybridized carbons (Fsp3) is 0.364. The van der Waals surface area contributed by atoms with Crippen LogP contribution in [-0.2, 0) is 9.84 Å². The Kier molecular flexibility index (Phi) is 4.09. The molecule has 0 saturated carbocycles. The Bertz CT molecular complexity index is 560. The van der Waals surface area contributed by atoms with Crippen LogP contribution >= 0.6 is 23.8 Å². The van der Waals surface area contributed by atoms with Gasteiger partial charge in [0.1, 0.15) is 0 Å². The molecule has 4 nitrogen and oxygen atoms in total. The zero-order chi connectivity index (χ0) is 13.2. The zero-order valence-electron chi connectivity index (χ0n) is 9.52. The smallest absolute Gasteiger partial charge is 0.171 e. The van der Waals surface area contributed by atoms with Crippen LogP contribution in [0.5, 0.6) is 0 Å². The summed E-state index contributed by atoms with van der Waals surface area (Å²) in [6, 6.07) is 7.12. The third-order valence-corrected chi connectivity index (χ3v) is 5.01. The molecule has 1 aromatic rings. The molecule has 0 unspecified atom stereocenters. The highest BCUT2D eigenvalue weighted by Crippen LogP contribution is 2.20. The predicted molar refractivity (Wildman–Crippen MR) is 77.9 cm³/mol. The van der Waals surface area contributed by atoms with Crippen molar-refractivity contribution in [3.8, 4) is 0 Å². The van der Waals surface area contributed by atoms with Crippen LogP contribution < -0.4 is 10.6 Å². The van der Waals surface area contributed by atoms with E-state index in [1.807, 2.05) is 18.2 Å². The number of nitrogens with one attached hydrogen (secondary N) is 2. The number of benzene rings is 1.